The third-order valence-corrected chi connectivity index (χ3v) is 3.18. The number of rotatable bonds is 8. The summed E-state index contributed by atoms with van der Waals surface area (Å²) < 4.78 is 0. The number of carboxylic acid groups (broad SMARTS) is 1. The monoisotopic (exact) mass is 261 g/mol. The normalized spacial score (nSPS) is 13.3. The van der Waals surface area contributed by atoms with Crippen molar-refractivity contribution in [2.45, 2.75) is 39.2 Å². The molecule has 0 aliphatic carbocycles. The number of aliphatic carboxylic acids is 1. The van der Waals surface area contributed by atoms with E-state index in [2.05, 4.69) is 36.5 Å². The molecular formula is C16H23NO2. The van der Waals surface area contributed by atoms with E-state index in [1.165, 1.54) is 5.56 Å². The van der Waals surface area contributed by atoms with E-state index in [0.717, 1.165) is 12.8 Å². The summed E-state index contributed by atoms with van der Waals surface area (Å²) in [4.78, 5) is 10.8. The van der Waals surface area contributed by atoms with E-state index in [4.69, 9.17) is 5.11 Å². The van der Waals surface area contributed by atoms with Crippen molar-refractivity contribution in [3.63, 3.8) is 0 Å². The van der Waals surface area contributed by atoms with Crippen LogP contribution < -0.4 is 5.32 Å². The molecule has 0 saturated heterocycles. The Balaban J connectivity index is 2.28. The fraction of sp³-hybridized carbons (Fsp3) is 0.438. The summed E-state index contributed by atoms with van der Waals surface area (Å²) in [5, 5.41) is 12.2. The largest absolute Gasteiger partial charge is 0.478 e. The minimum atomic E-state index is -0.818. The Morgan fingerprint density at radius 2 is 2.05 bits per heavy atom. The first-order valence-corrected chi connectivity index (χ1v) is 6.83. The van der Waals surface area contributed by atoms with Crippen LogP contribution in [-0.2, 0) is 11.2 Å². The molecule has 1 unspecified atom stereocenters. The number of nitrogens with one attached hydrogen (secondary N) is 1. The Morgan fingerprint density at radius 3 is 2.63 bits per heavy atom. The molecule has 0 spiro atoms. The van der Waals surface area contributed by atoms with E-state index in [1.807, 2.05) is 13.0 Å². The van der Waals surface area contributed by atoms with Crippen LogP contribution in [0.4, 0.5) is 0 Å². The SMILES string of the molecule is CC/C(=C/CNC(C)CCc1ccccc1)C(=O)O. The van der Waals surface area contributed by atoms with Gasteiger partial charge in [0.2, 0.25) is 0 Å². The summed E-state index contributed by atoms with van der Waals surface area (Å²) in [6, 6.07) is 10.8. The van der Waals surface area contributed by atoms with E-state index >= 15 is 0 Å². The molecule has 19 heavy (non-hydrogen) atoms. The lowest BCUT2D eigenvalue weighted by molar-refractivity contribution is -0.132. The molecule has 1 aromatic rings. The van der Waals surface area contributed by atoms with Gasteiger partial charge in [0.15, 0.2) is 0 Å². The Morgan fingerprint density at radius 1 is 1.37 bits per heavy atom. The summed E-state index contributed by atoms with van der Waals surface area (Å²) in [5.74, 6) is -0.818. The molecule has 1 atom stereocenters. The third kappa shape index (κ3) is 6.20. The molecule has 3 heteroatoms. The van der Waals surface area contributed by atoms with Crippen molar-refractivity contribution < 1.29 is 9.90 Å². The Labute approximate surface area is 115 Å². The number of carbonyl (C=O) groups is 1. The second-order valence-electron chi connectivity index (χ2n) is 4.72. The molecular weight excluding hydrogens is 238 g/mol. The molecule has 0 aliphatic heterocycles. The van der Waals surface area contributed by atoms with Gasteiger partial charge in [-0.05, 0) is 31.7 Å². The van der Waals surface area contributed by atoms with E-state index < -0.39 is 5.97 Å². The van der Waals surface area contributed by atoms with E-state index in [0.29, 0.717) is 24.6 Å². The molecule has 3 nitrogen and oxygen atoms in total. The summed E-state index contributed by atoms with van der Waals surface area (Å²) >= 11 is 0. The molecule has 0 fully saturated rings. The molecule has 0 radical (unpaired) electrons. The van der Waals surface area contributed by atoms with Crippen molar-refractivity contribution in [2.24, 2.45) is 0 Å². The van der Waals surface area contributed by atoms with Crippen LogP contribution in [0.3, 0.4) is 0 Å². The van der Waals surface area contributed by atoms with Crippen LogP contribution in [0.5, 0.6) is 0 Å². The first kappa shape index (κ1) is 15.4. The number of hydrogen-bond acceptors (Lipinski definition) is 2. The minimum Gasteiger partial charge on any atom is -0.478 e. The second kappa shape index (κ2) is 8.48. The highest BCUT2D eigenvalue weighted by atomic mass is 16.4. The summed E-state index contributed by atoms with van der Waals surface area (Å²) in [6.07, 6.45) is 4.42. The van der Waals surface area contributed by atoms with E-state index in [1.54, 1.807) is 6.08 Å². The average Bonchev–Trinajstić information content (AvgIpc) is 2.42. The van der Waals surface area contributed by atoms with Crippen molar-refractivity contribution in [3.05, 3.63) is 47.5 Å². The first-order valence-electron chi connectivity index (χ1n) is 6.83. The highest BCUT2D eigenvalue weighted by Gasteiger charge is 2.04. The van der Waals surface area contributed by atoms with Crippen LogP contribution >= 0.6 is 0 Å². The molecule has 0 heterocycles. The van der Waals surface area contributed by atoms with Crippen LogP contribution in [0.1, 0.15) is 32.3 Å². The van der Waals surface area contributed by atoms with Crippen molar-refractivity contribution >= 4 is 5.97 Å². The minimum absolute atomic E-state index is 0.378. The Bertz CT molecular complexity index is 412. The molecule has 0 aromatic heterocycles. The van der Waals surface area contributed by atoms with Crippen molar-refractivity contribution in [2.75, 3.05) is 6.54 Å². The molecule has 0 bridgehead atoms. The Hall–Kier alpha value is -1.61. The van der Waals surface area contributed by atoms with Gasteiger partial charge in [0, 0.05) is 18.2 Å². The molecule has 104 valence electrons. The molecule has 0 aliphatic rings. The second-order valence-corrected chi connectivity index (χ2v) is 4.72. The molecule has 1 rings (SSSR count). The zero-order valence-electron chi connectivity index (χ0n) is 11.7. The van der Waals surface area contributed by atoms with Crippen molar-refractivity contribution in [1.82, 2.24) is 5.32 Å². The lowest BCUT2D eigenvalue weighted by Crippen LogP contribution is -2.27. The number of aryl methyl sites for hydroxylation is 1. The summed E-state index contributed by atoms with van der Waals surface area (Å²) in [5.41, 5.74) is 1.81. The molecule has 0 saturated carbocycles. The van der Waals surface area contributed by atoms with Gasteiger partial charge in [-0.15, -0.1) is 0 Å². The quantitative estimate of drug-likeness (QED) is 0.707. The van der Waals surface area contributed by atoms with Crippen LogP contribution in [0.2, 0.25) is 0 Å². The van der Waals surface area contributed by atoms with Gasteiger partial charge >= 0.3 is 5.97 Å². The van der Waals surface area contributed by atoms with Gasteiger partial charge in [-0.3, -0.25) is 0 Å². The van der Waals surface area contributed by atoms with Gasteiger partial charge in [0.1, 0.15) is 0 Å². The smallest absolute Gasteiger partial charge is 0.331 e. The molecule has 1 aromatic carbocycles. The van der Waals surface area contributed by atoms with E-state index in [9.17, 15) is 4.79 Å². The lowest BCUT2D eigenvalue weighted by Gasteiger charge is -2.12. The maximum atomic E-state index is 10.8. The summed E-state index contributed by atoms with van der Waals surface area (Å²) in [6.45, 7) is 4.60. The fourth-order valence-electron chi connectivity index (χ4n) is 1.90. The van der Waals surface area contributed by atoms with Crippen LogP contribution in [0.25, 0.3) is 0 Å². The van der Waals surface area contributed by atoms with Crippen molar-refractivity contribution in [1.29, 1.82) is 0 Å². The number of carboxylic acids is 1. The Kier molecular flexibility index (Phi) is 6.90. The maximum absolute atomic E-state index is 10.8. The van der Waals surface area contributed by atoms with Crippen molar-refractivity contribution in [3.8, 4) is 0 Å². The predicted molar refractivity (Wildman–Crippen MR) is 78.2 cm³/mol. The van der Waals surface area contributed by atoms with E-state index in [-0.39, 0.29) is 0 Å². The van der Waals surface area contributed by atoms with Crippen LogP contribution in [0, 0.1) is 0 Å². The first-order chi connectivity index (χ1) is 9.13. The topological polar surface area (TPSA) is 49.3 Å². The third-order valence-electron chi connectivity index (χ3n) is 3.18. The maximum Gasteiger partial charge on any atom is 0.331 e. The van der Waals surface area contributed by atoms with Gasteiger partial charge in [-0.25, -0.2) is 4.79 Å². The highest BCUT2D eigenvalue weighted by molar-refractivity contribution is 5.86. The highest BCUT2D eigenvalue weighted by Crippen LogP contribution is 2.05. The van der Waals surface area contributed by atoms with Crippen LogP contribution in [-0.4, -0.2) is 23.7 Å². The average molecular weight is 261 g/mol. The molecule has 2 N–H and O–H groups in total. The van der Waals surface area contributed by atoms with Crippen LogP contribution in [0.15, 0.2) is 42.0 Å². The van der Waals surface area contributed by atoms with Gasteiger partial charge in [0.25, 0.3) is 0 Å². The fourth-order valence-corrected chi connectivity index (χ4v) is 1.90. The summed E-state index contributed by atoms with van der Waals surface area (Å²) in [7, 11) is 0. The number of benzene rings is 1. The lowest BCUT2D eigenvalue weighted by atomic mass is 10.1. The van der Waals surface area contributed by atoms with Gasteiger partial charge < -0.3 is 10.4 Å². The standard InChI is InChI=1S/C16H23NO2/c1-3-15(16(18)19)11-12-17-13(2)9-10-14-7-5-4-6-8-14/h4-8,11,13,17H,3,9-10,12H2,1-2H3,(H,18,19)/b15-11-. The van der Waals surface area contributed by atoms with Gasteiger partial charge in [0.05, 0.1) is 0 Å². The zero-order valence-corrected chi connectivity index (χ0v) is 11.7. The predicted octanol–water partition coefficient (Wildman–Crippen LogP) is 3.02. The zero-order chi connectivity index (χ0) is 14.1. The van der Waals surface area contributed by atoms with Gasteiger partial charge in [-0.2, -0.15) is 0 Å². The van der Waals surface area contributed by atoms with Gasteiger partial charge in [-0.1, -0.05) is 43.3 Å². The number of hydrogen-bond donors (Lipinski definition) is 2. The molecule has 0 amide bonds.